The number of aliphatic hydroxyl groups excluding tert-OH is 2. The number of nitrogens with zero attached hydrogens (tertiary/aromatic N) is 6. The van der Waals surface area contributed by atoms with Gasteiger partial charge in [-0.25, -0.2) is 4.79 Å². The second-order valence-electron chi connectivity index (χ2n) is 29.2. The van der Waals surface area contributed by atoms with Crippen molar-refractivity contribution in [2.75, 3.05) is 69.2 Å². The second-order valence-corrected chi connectivity index (χ2v) is 29.2. The monoisotopic (exact) mass is 1690 g/mol. The molecule has 10 aromatic rings. The number of non-ortho nitro benzene ring substituents is 2. The van der Waals surface area contributed by atoms with Crippen molar-refractivity contribution in [2.24, 2.45) is 11.8 Å². The molecule has 2 aliphatic carbocycles. The zero-order chi connectivity index (χ0) is 88.7. The molecular formula is C87H99N9O26. The topological polar surface area (TPSA) is 487 Å². The van der Waals surface area contributed by atoms with Crippen LogP contribution in [0.25, 0.3) is 53.9 Å². The largest absolute Gasteiger partial charge is 0.464 e. The number of nitro groups is 2. The van der Waals surface area contributed by atoms with Crippen molar-refractivity contribution in [2.45, 2.75) is 156 Å². The highest BCUT2D eigenvalue weighted by atomic mass is 16.6. The van der Waals surface area contributed by atoms with Crippen molar-refractivity contribution in [3.63, 3.8) is 0 Å². The number of benzene rings is 5. The van der Waals surface area contributed by atoms with Gasteiger partial charge in [-0.05, 0) is 116 Å². The van der Waals surface area contributed by atoms with Gasteiger partial charge >= 0.3 is 41.4 Å². The summed E-state index contributed by atoms with van der Waals surface area (Å²) in [6.45, 7) is 6.17. The fraction of sp³-hybridized carbons (Fsp3) is 0.391. The molecule has 5 aromatic heterocycles. The molecule has 6 N–H and O–H groups in total. The number of nitrogens with one attached hydrogen (secondary N) is 2. The Balaban J connectivity index is 0.000000193. The zero-order valence-corrected chi connectivity index (χ0v) is 68.4. The Morgan fingerprint density at radius 2 is 0.680 bits per heavy atom. The normalized spacial score (nSPS) is 12.9. The number of nitrogens with two attached hydrogens (primary N) is 1. The average Bonchev–Trinajstić information content (AvgIpc) is 0.895. The van der Waals surface area contributed by atoms with Gasteiger partial charge in [-0.2, -0.15) is 0 Å². The van der Waals surface area contributed by atoms with Crippen molar-refractivity contribution in [3.8, 4) is 0 Å². The van der Waals surface area contributed by atoms with E-state index in [1.165, 1.54) is 166 Å². The van der Waals surface area contributed by atoms with E-state index < -0.39 is 81.0 Å². The molecule has 5 aromatic carbocycles. The first-order valence-corrected chi connectivity index (χ1v) is 39.6. The number of nitrogen functional groups attached to an aromatic ring is 1. The molecule has 0 aliphatic heterocycles. The van der Waals surface area contributed by atoms with E-state index in [-0.39, 0.29) is 109 Å². The molecule has 648 valence electrons. The Labute approximate surface area is 697 Å². The van der Waals surface area contributed by atoms with Crippen molar-refractivity contribution in [1.82, 2.24) is 18.3 Å². The summed E-state index contributed by atoms with van der Waals surface area (Å²) in [5.41, 5.74) is 5.33. The molecule has 0 unspecified atom stereocenters. The van der Waals surface area contributed by atoms with Crippen LogP contribution in [-0.4, -0.2) is 139 Å². The maximum Gasteiger partial charge on any atom is 0.343 e. The SMILES string of the molecule is CC(=O)OCC(COC(C)=O)n1ccc2c(N)cccc2c1=O.CC(=O)OCC(COC(C)=O)n1ccc2c(NC(=O)CC3CCCCCC3)cccc2c1=O.CC(=O)OCC(COC(C)=O)n1ccc2c([N+](=O)[O-])cccc2c1=O.O=C(CC1CCCCCC1)Nc1cccc2c(=O)n(C(CO)CO)ccc12.O=c1occc2c([N+](=O)[O-])cccc12. The molecule has 35 heteroatoms. The number of aliphatic hydroxyl groups is 2. The maximum atomic E-state index is 13.2. The fourth-order valence-corrected chi connectivity index (χ4v) is 14.2. The lowest BCUT2D eigenvalue weighted by Gasteiger charge is -2.20. The minimum absolute atomic E-state index is 0.0119. The third-order valence-electron chi connectivity index (χ3n) is 20.3. The minimum Gasteiger partial charge on any atom is -0.464 e. The van der Waals surface area contributed by atoms with Crippen molar-refractivity contribution >= 4 is 130 Å². The molecule has 12 rings (SSSR count). The fourth-order valence-electron chi connectivity index (χ4n) is 14.2. The molecule has 0 saturated heterocycles. The molecular weight excluding hydrogens is 1590 g/mol. The molecule has 0 bridgehead atoms. The van der Waals surface area contributed by atoms with Crippen molar-refractivity contribution in [3.05, 3.63) is 224 Å². The highest BCUT2D eigenvalue weighted by Crippen LogP contribution is 2.31. The molecule has 2 saturated carbocycles. The molecule has 35 nitrogen and oxygen atoms in total. The maximum absolute atomic E-state index is 13.2. The van der Waals surface area contributed by atoms with E-state index in [0.29, 0.717) is 79.4 Å². The van der Waals surface area contributed by atoms with Crippen LogP contribution in [0.3, 0.4) is 0 Å². The molecule has 5 heterocycles. The van der Waals surface area contributed by atoms with E-state index in [4.69, 9.17) is 34.2 Å². The van der Waals surface area contributed by atoms with Crippen LogP contribution in [0.4, 0.5) is 28.4 Å². The van der Waals surface area contributed by atoms with E-state index in [0.717, 1.165) is 31.9 Å². The first-order chi connectivity index (χ1) is 58.4. The molecule has 0 atom stereocenters. The minimum atomic E-state index is -0.746. The van der Waals surface area contributed by atoms with E-state index in [2.05, 4.69) is 15.1 Å². The lowest BCUT2D eigenvalue weighted by molar-refractivity contribution is -0.383. The van der Waals surface area contributed by atoms with Gasteiger partial charge in [-0.15, -0.1) is 0 Å². The Morgan fingerprint density at radius 3 is 1.02 bits per heavy atom. The second kappa shape index (κ2) is 46.1. The standard InChI is InChI=1S/C25H32N2O6.C21H28N2O4.C16H16N2O7.C16H18N2O5.C9H5NO4/c1-17(28)32-15-20(16-33-18(2)29)27-13-12-21-22(25(27)31)10-7-11-23(21)26-24(30)14-19-8-5-3-4-6-9-19;24-13-16(14-25)23-11-10-17-18(21(23)27)8-5-9-19(17)22-20(26)12-15-6-3-1-2-4-7-15;1-10(19)24-8-12(9-25-11(2)20)17-7-6-13-14(16(17)21)4-3-5-15(13)18(22)23;1-10(19)22-8-12(9-23-11(2)20)18-7-6-13-14(16(18)21)4-3-5-15(13)17;11-9-7-2-1-3-8(10(12)13)6(7)4-5-14-9/h7,10-13,19-20H,3-6,8-9,14-16H2,1-2H3,(H,26,30);5,8-11,15-16,24-25H,1-4,6-7,12-14H2,(H,22,26);3-7,12H,8-9H2,1-2H3;3-7,12H,8-9,17H2,1-2H3;1-5H. The predicted octanol–water partition coefficient (Wildman–Crippen LogP) is 11.3. The van der Waals surface area contributed by atoms with Crippen LogP contribution in [0.5, 0.6) is 0 Å². The van der Waals surface area contributed by atoms with E-state index in [9.17, 15) is 92.8 Å². The van der Waals surface area contributed by atoms with Gasteiger partial charge in [0.15, 0.2) is 0 Å². The summed E-state index contributed by atoms with van der Waals surface area (Å²) in [7, 11) is 0. The van der Waals surface area contributed by atoms with Gasteiger partial charge in [-0.1, -0.05) is 81.7 Å². The summed E-state index contributed by atoms with van der Waals surface area (Å²) >= 11 is 0. The van der Waals surface area contributed by atoms with Gasteiger partial charge in [0.2, 0.25) is 11.8 Å². The number of pyridine rings is 4. The summed E-state index contributed by atoms with van der Waals surface area (Å²) in [4.78, 5) is 175. The first kappa shape index (κ1) is 93.9. The van der Waals surface area contributed by atoms with Gasteiger partial charge in [0.05, 0.1) is 56.9 Å². The van der Waals surface area contributed by atoms with Crippen LogP contribution in [0, 0.1) is 32.1 Å². The third kappa shape index (κ3) is 26.7. The Bertz CT molecular complexity index is 5680. The first-order valence-electron chi connectivity index (χ1n) is 39.6. The quantitative estimate of drug-likeness (QED) is 0.00839. The van der Waals surface area contributed by atoms with E-state index in [1.54, 1.807) is 91.4 Å². The van der Waals surface area contributed by atoms with Crippen LogP contribution < -0.4 is 44.2 Å². The lowest BCUT2D eigenvalue weighted by Crippen LogP contribution is -2.31. The Morgan fingerprint density at radius 1 is 0.393 bits per heavy atom. The number of esters is 6. The van der Waals surface area contributed by atoms with Crippen LogP contribution in [0.15, 0.2) is 181 Å². The number of aromatic nitrogens is 4. The number of ether oxygens (including phenoxy) is 6. The van der Waals surface area contributed by atoms with Crippen LogP contribution in [0.2, 0.25) is 0 Å². The van der Waals surface area contributed by atoms with Gasteiger partial charge < -0.3 is 77.7 Å². The van der Waals surface area contributed by atoms with Crippen LogP contribution in [-0.2, 0) is 66.8 Å². The number of nitro benzene ring substituents is 2. The number of amides is 2. The molecule has 2 fully saturated rings. The number of hydrogen-bond donors (Lipinski definition) is 5. The molecule has 0 radical (unpaired) electrons. The smallest absolute Gasteiger partial charge is 0.343 e. The molecule has 2 aliphatic rings. The van der Waals surface area contributed by atoms with E-state index in [1.807, 2.05) is 0 Å². The Kier molecular flexibility index (Phi) is 35.5. The van der Waals surface area contributed by atoms with Gasteiger partial charge in [0.1, 0.15) is 57.8 Å². The van der Waals surface area contributed by atoms with E-state index >= 15 is 0 Å². The number of anilines is 3. The van der Waals surface area contributed by atoms with Crippen molar-refractivity contribution < 1.29 is 91.3 Å². The predicted molar refractivity (Wildman–Crippen MR) is 452 cm³/mol. The van der Waals surface area contributed by atoms with Crippen molar-refractivity contribution in [1.29, 1.82) is 0 Å². The third-order valence-corrected chi connectivity index (χ3v) is 20.3. The number of carbonyl (C=O) groups excluding carboxylic acids is 8. The summed E-state index contributed by atoms with van der Waals surface area (Å²) < 4.78 is 39.9. The summed E-state index contributed by atoms with van der Waals surface area (Å²) in [5.74, 6) is -2.23. The Hall–Kier alpha value is -13.6. The zero-order valence-electron chi connectivity index (χ0n) is 68.4. The molecule has 122 heavy (non-hydrogen) atoms. The highest BCUT2D eigenvalue weighted by Gasteiger charge is 2.26. The summed E-state index contributed by atoms with van der Waals surface area (Å²) in [5, 5.41) is 50.5. The number of fused-ring (bicyclic) bond motifs is 5. The van der Waals surface area contributed by atoms with Crippen LogP contribution >= 0.6 is 0 Å². The lowest BCUT2D eigenvalue weighted by atomic mass is 9.96. The van der Waals surface area contributed by atoms with Gasteiger partial charge in [-0.3, -0.25) is 77.8 Å². The summed E-state index contributed by atoms with van der Waals surface area (Å²) in [6, 6.07) is 29.3. The highest BCUT2D eigenvalue weighted by molar-refractivity contribution is 6.03. The molecule has 0 spiro atoms. The number of carbonyl (C=O) groups is 8. The average molecular weight is 1690 g/mol. The summed E-state index contributed by atoms with van der Waals surface area (Å²) in [6.07, 6.45) is 22.3. The number of hydrogen-bond acceptors (Lipinski definition) is 27. The van der Waals surface area contributed by atoms with Crippen LogP contribution in [0.1, 0.15) is 156 Å². The number of rotatable bonds is 26. The molecule has 2 amide bonds. The van der Waals surface area contributed by atoms with Gasteiger partial charge in [0.25, 0.3) is 33.6 Å². The van der Waals surface area contributed by atoms with Gasteiger partial charge in [0, 0.05) is 141 Å².